The van der Waals surface area contributed by atoms with Crippen LogP contribution in [0.5, 0.6) is 0 Å². The van der Waals surface area contributed by atoms with Crippen LogP contribution in [0.15, 0.2) is 85.1 Å². The quantitative estimate of drug-likeness (QED) is 0.421. The molecule has 0 unspecified atom stereocenters. The van der Waals surface area contributed by atoms with E-state index in [9.17, 15) is 9.59 Å². The van der Waals surface area contributed by atoms with Gasteiger partial charge in [-0.1, -0.05) is 36.4 Å². The molecule has 4 N–H and O–H groups in total. The number of hydrogen-bond donors (Lipinski definition) is 3. The molecule has 1 heterocycles. The van der Waals surface area contributed by atoms with Crippen LogP contribution >= 0.6 is 0 Å². The van der Waals surface area contributed by atoms with E-state index < -0.39 is 5.91 Å². The van der Waals surface area contributed by atoms with E-state index in [1.807, 2.05) is 61.5 Å². The van der Waals surface area contributed by atoms with Gasteiger partial charge >= 0.3 is 0 Å². The Balaban J connectivity index is 1.52. The number of aryl methyl sites for hydroxylation is 1. The second kappa shape index (κ2) is 9.09. The predicted molar refractivity (Wildman–Crippen MR) is 125 cm³/mol. The summed E-state index contributed by atoms with van der Waals surface area (Å²) in [7, 11) is 0. The Morgan fingerprint density at radius 3 is 2.31 bits per heavy atom. The third-order valence-electron chi connectivity index (χ3n) is 4.90. The molecular formula is C25H21N5O2. The minimum absolute atomic E-state index is 0.293. The first-order valence-corrected chi connectivity index (χ1v) is 9.97. The number of amides is 2. The molecule has 0 aliphatic heterocycles. The Kier molecular flexibility index (Phi) is 5.89. The molecule has 7 heteroatoms. The number of rotatable bonds is 6. The van der Waals surface area contributed by atoms with Crippen molar-refractivity contribution in [1.29, 1.82) is 0 Å². The first-order valence-electron chi connectivity index (χ1n) is 9.97. The molecule has 0 saturated heterocycles. The van der Waals surface area contributed by atoms with Crippen molar-refractivity contribution in [2.45, 2.75) is 6.92 Å². The summed E-state index contributed by atoms with van der Waals surface area (Å²) in [5.74, 6) is -0.372. The number of nitrogens with two attached hydrogens (primary N) is 1. The SMILES string of the molecule is Cc1ccc(NC(=O)c2ccc(C(N)=O)cc2)cc1Nc1nccc(-c2ccccc2)n1. The van der Waals surface area contributed by atoms with Crippen molar-refractivity contribution in [2.75, 3.05) is 10.6 Å². The van der Waals surface area contributed by atoms with Crippen LogP contribution in [0.4, 0.5) is 17.3 Å². The van der Waals surface area contributed by atoms with Gasteiger partial charge in [-0.2, -0.15) is 0 Å². The van der Waals surface area contributed by atoms with Crippen LogP contribution in [0.3, 0.4) is 0 Å². The Bertz CT molecular complexity index is 1270. The Labute approximate surface area is 185 Å². The Morgan fingerprint density at radius 1 is 0.875 bits per heavy atom. The summed E-state index contributed by atoms with van der Waals surface area (Å²) in [6.45, 7) is 1.96. The lowest BCUT2D eigenvalue weighted by Crippen LogP contribution is -2.14. The molecule has 0 spiro atoms. The van der Waals surface area contributed by atoms with Gasteiger partial charge in [-0.3, -0.25) is 9.59 Å². The number of benzene rings is 3. The van der Waals surface area contributed by atoms with Gasteiger partial charge in [0.25, 0.3) is 5.91 Å². The van der Waals surface area contributed by atoms with Crippen molar-refractivity contribution in [3.8, 4) is 11.3 Å². The highest BCUT2D eigenvalue weighted by Gasteiger charge is 2.10. The number of anilines is 3. The molecule has 0 saturated carbocycles. The first-order chi connectivity index (χ1) is 15.5. The Hall–Kier alpha value is -4.52. The van der Waals surface area contributed by atoms with Gasteiger partial charge < -0.3 is 16.4 Å². The van der Waals surface area contributed by atoms with Crippen molar-refractivity contribution in [1.82, 2.24) is 9.97 Å². The molecule has 0 atom stereocenters. The van der Waals surface area contributed by atoms with Gasteiger partial charge in [0.1, 0.15) is 0 Å². The molecule has 1 aromatic heterocycles. The molecule has 0 aliphatic carbocycles. The summed E-state index contributed by atoms with van der Waals surface area (Å²) < 4.78 is 0. The summed E-state index contributed by atoms with van der Waals surface area (Å²) >= 11 is 0. The van der Waals surface area contributed by atoms with Crippen LogP contribution in [0.25, 0.3) is 11.3 Å². The van der Waals surface area contributed by atoms with E-state index >= 15 is 0 Å². The molecule has 0 aliphatic rings. The van der Waals surface area contributed by atoms with Gasteiger partial charge in [-0.15, -0.1) is 0 Å². The number of aromatic nitrogens is 2. The number of hydrogen-bond acceptors (Lipinski definition) is 5. The minimum Gasteiger partial charge on any atom is -0.366 e. The van der Waals surface area contributed by atoms with E-state index in [4.69, 9.17) is 5.73 Å². The van der Waals surface area contributed by atoms with Gasteiger partial charge in [0.15, 0.2) is 0 Å². The van der Waals surface area contributed by atoms with E-state index in [2.05, 4.69) is 20.6 Å². The molecule has 0 radical (unpaired) electrons. The van der Waals surface area contributed by atoms with Gasteiger partial charge in [-0.05, 0) is 55.0 Å². The van der Waals surface area contributed by atoms with Crippen LogP contribution in [-0.4, -0.2) is 21.8 Å². The van der Waals surface area contributed by atoms with Crippen molar-refractivity contribution in [2.24, 2.45) is 5.73 Å². The highest BCUT2D eigenvalue weighted by Crippen LogP contribution is 2.24. The molecule has 158 valence electrons. The minimum atomic E-state index is -0.537. The standard InChI is InChI=1S/C25H21N5O2/c1-16-7-12-20(28-24(32)19-10-8-18(9-11-19)23(26)31)15-22(16)30-25-27-14-13-21(29-25)17-5-3-2-4-6-17/h2-15H,1H3,(H2,26,31)(H,28,32)(H,27,29,30). The van der Waals surface area contributed by atoms with E-state index in [0.717, 1.165) is 22.5 Å². The van der Waals surface area contributed by atoms with Gasteiger partial charge in [-0.25, -0.2) is 9.97 Å². The number of carbonyl (C=O) groups is 2. The molecule has 7 nitrogen and oxygen atoms in total. The molecule has 4 rings (SSSR count). The maximum absolute atomic E-state index is 12.6. The van der Waals surface area contributed by atoms with E-state index in [0.29, 0.717) is 22.8 Å². The number of nitrogens with one attached hydrogen (secondary N) is 2. The van der Waals surface area contributed by atoms with Crippen molar-refractivity contribution in [3.05, 3.63) is 102 Å². The smallest absolute Gasteiger partial charge is 0.255 e. The summed E-state index contributed by atoms with van der Waals surface area (Å²) in [6.07, 6.45) is 1.70. The van der Waals surface area contributed by atoms with E-state index in [1.54, 1.807) is 18.3 Å². The fourth-order valence-corrected chi connectivity index (χ4v) is 3.13. The summed E-state index contributed by atoms with van der Waals surface area (Å²) in [6, 6.07) is 23.4. The monoisotopic (exact) mass is 423 g/mol. The highest BCUT2D eigenvalue weighted by molar-refractivity contribution is 6.05. The molecular weight excluding hydrogens is 402 g/mol. The average molecular weight is 423 g/mol. The van der Waals surface area contributed by atoms with E-state index in [-0.39, 0.29) is 5.91 Å². The highest BCUT2D eigenvalue weighted by atomic mass is 16.2. The maximum atomic E-state index is 12.6. The largest absolute Gasteiger partial charge is 0.366 e. The fraction of sp³-hybridized carbons (Fsp3) is 0.0400. The lowest BCUT2D eigenvalue weighted by atomic mass is 10.1. The third-order valence-corrected chi connectivity index (χ3v) is 4.90. The van der Waals surface area contributed by atoms with Crippen LogP contribution in [0.1, 0.15) is 26.3 Å². The van der Waals surface area contributed by atoms with Crippen molar-refractivity contribution < 1.29 is 9.59 Å². The molecule has 2 amide bonds. The lowest BCUT2D eigenvalue weighted by Gasteiger charge is -2.12. The van der Waals surface area contributed by atoms with Crippen LogP contribution < -0.4 is 16.4 Å². The molecule has 4 aromatic rings. The normalized spacial score (nSPS) is 10.4. The topological polar surface area (TPSA) is 110 Å². The first kappa shape index (κ1) is 20.7. The molecule has 0 fully saturated rings. The van der Waals surface area contributed by atoms with Crippen LogP contribution in [-0.2, 0) is 0 Å². The zero-order chi connectivity index (χ0) is 22.5. The van der Waals surface area contributed by atoms with Gasteiger partial charge in [0, 0.05) is 34.3 Å². The van der Waals surface area contributed by atoms with Gasteiger partial charge in [0.2, 0.25) is 11.9 Å². The maximum Gasteiger partial charge on any atom is 0.255 e. The van der Waals surface area contributed by atoms with Gasteiger partial charge in [0.05, 0.1) is 5.69 Å². The summed E-state index contributed by atoms with van der Waals surface area (Å²) in [4.78, 5) is 32.7. The number of carbonyl (C=O) groups excluding carboxylic acids is 2. The second-order valence-corrected chi connectivity index (χ2v) is 7.18. The number of primary amides is 1. The van der Waals surface area contributed by atoms with Crippen molar-refractivity contribution >= 4 is 29.1 Å². The van der Waals surface area contributed by atoms with E-state index in [1.165, 1.54) is 12.1 Å². The zero-order valence-corrected chi connectivity index (χ0v) is 17.4. The zero-order valence-electron chi connectivity index (χ0n) is 17.4. The lowest BCUT2D eigenvalue weighted by molar-refractivity contribution is 0.0995. The summed E-state index contributed by atoms with van der Waals surface area (Å²) in [5.41, 5.74) is 10.2. The van der Waals surface area contributed by atoms with Crippen molar-refractivity contribution in [3.63, 3.8) is 0 Å². The summed E-state index contributed by atoms with van der Waals surface area (Å²) in [5, 5.41) is 6.09. The number of nitrogens with zero attached hydrogens (tertiary/aromatic N) is 2. The third kappa shape index (κ3) is 4.79. The fourth-order valence-electron chi connectivity index (χ4n) is 3.13. The average Bonchev–Trinajstić information content (AvgIpc) is 2.82. The second-order valence-electron chi connectivity index (χ2n) is 7.18. The van der Waals surface area contributed by atoms with Crippen LogP contribution in [0, 0.1) is 6.92 Å². The van der Waals surface area contributed by atoms with Crippen LogP contribution in [0.2, 0.25) is 0 Å². The Morgan fingerprint density at radius 2 is 1.59 bits per heavy atom. The molecule has 3 aromatic carbocycles. The molecule has 32 heavy (non-hydrogen) atoms. The molecule has 0 bridgehead atoms. The predicted octanol–water partition coefficient (Wildman–Crippen LogP) is 4.55.